The summed E-state index contributed by atoms with van der Waals surface area (Å²) in [7, 11) is 1.64. The topological polar surface area (TPSA) is 47.4 Å². The first kappa shape index (κ1) is 20.2. The minimum absolute atomic E-state index is 0.0160. The van der Waals surface area contributed by atoms with Gasteiger partial charge in [0.2, 0.25) is 0 Å². The third-order valence-electron chi connectivity index (χ3n) is 5.26. The molecule has 0 spiro atoms. The van der Waals surface area contributed by atoms with Gasteiger partial charge in [0, 0.05) is 29.8 Å². The van der Waals surface area contributed by atoms with Crippen LogP contribution in [0.25, 0.3) is 15.9 Å². The van der Waals surface area contributed by atoms with Crippen molar-refractivity contribution in [3.63, 3.8) is 0 Å². The molecule has 0 saturated carbocycles. The maximum absolute atomic E-state index is 13.7. The second-order valence-corrected chi connectivity index (χ2v) is 9.40. The zero-order valence-corrected chi connectivity index (χ0v) is 18.6. The highest BCUT2D eigenvalue weighted by Gasteiger charge is 2.26. The Kier molecular flexibility index (Phi) is 5.81. The second kappa shape index (κ2) is 8.34. The van der Waals surface area contributed by atoms with E-state index in [1.54, 1.807) is 23.0 Å². The number of thioether (sulfide) groups is 1. The Bertz CT molecular complexity index is 1100. The fourth-order valence-electron chi connectivity index (χ4n) is 3.67. The molecule has 0 atom stereocenters. The van der Waals surface area contributed by atoms with Crippen molar-refractivity contribution in [1.82, 2.24) is 14.5 Å². The third-order valence-corrected chi connectivity index (χ3v) is 7.31. The van der Waals surface area contributed by atoms with Gasteiger partial charge < -0.3 is 4.74 Å². The van der Waals surface area contributed by atoms with Crippen LogP contribution in [0, 0.1) is 0 Å². The lowest BCUT2D eigenvalue weighted by atomic mass is 10.0. The zero-order valence-electron chi connectivity index (χ0n) is 17.0. The molecule has 7 heteroatoms. The van der Waals surface area contributed by atoms with E-state index < -0.39 is 0 Å². The molecule has 152 valence electrons. The highest BCUT2D eigenvalue weighted by Crippen LogP contribution is 2.34. The van der Waals surface area contributed by atoms with E-state index in [0.717, 1.165) is 41.2 Å². The summed E-state index contributed by atoms with van der Waals surface area (Å²) in [4.78, 5) is 23.2. The lowest BCUT2D eigenvalue weighted by Crippen LogP contribution is -2.35. The SMILES string of the molecule is C=CCSc1nc2sc3c(c2c(=O)n1-c1ccc(OC)cc1)CCN(C(C)C)C3. The number of ether oxygens (including phenoxy) is 1. The molecule has 1 aliphatic rings. The predicted molar refractivity (Wildman–Crippen MR) is 122 cm³/mol. The largest absolute Gasteiger partial charge is 0.497 e. The molecule has 0 unspecified atom stereocenters. The molecule has 3 aromatic rings. The highest BCUT2D eigenvalue weighted by atomic mass is 32.2. The Morgan fingerprint density at radius 3 is 2.76 bits per heavy atom. The van der Waals surface area contributed by atoms with Crippen molar-refractivity contribution < 1.29 is 4.74 Å². The van der Waals surface area contributed by atoms with Crippen LogP contribution in [0.15, 0.2) is 46.9 Å². The molecule has 2 aromatic heterocycles. The summed E-state index contributed by atoms with van der Waals surface area (Å²) in [5.74, 6) is 1.46. The van der Waals surface area contributed by atoms with Crippen molar-refractivity contribution in [2.45, 2.75) is 38.0 Å². The van der Waals surface area contributed by atoms with Crippen LogP contribution in [0.3, 0.4) is 0 Å². The first-order valence-electron chi connectivity index (χ1n) is 9.73. The molecule has 0 amide bonds. The number of thiophene rings is 1. The first-order chi connectivity index (χ1) is 14.0. The molecule has 1 aromatic carbocycles. The average Bonchev–Trinajstić information content (AvgIpc) is 3.10. The summed E-state index contributed by atoms with van der Waals surface area (Å²) in [6.45, 7) is 10.1. The van der Waals surface area contributed by atoms with Crippen molar-refractivity contribution in [1.29, 1.82) is 0 Å². The Morgan fingerprint density at radius 2 is 2.10 bits per heavy atom. The number of fused-ring (bicyclic) bond motifs is 3. The van der Waals surface area contributed by atoms with E-state index in [2.05, 4.69) is 25.3 Å². The minimum atomic E-state index is 0.0160. The van der Waals surface area contributed by atoms with Crippen LogP contribution in [-0.2, 0) is 13.0 Å². The lowest BCUT2D eigenvalue weighted by molar-refractivity contribution is 0.206. The maximum Gasteiger partial charge on any atom is 0.267 e. The van der Waals surface area contributed by atoms with E-state index in [9.17, 15) is 4.79 Å². The number of hydrogen-bond acceptors (Lipinski definition) is 6. The fourth-order valence-corrected chi connectivity index (χ4v) is 5.71. The first-order valence-corrected chi connectivity index (χ1v) is 11.5. The Balaban J connectivity index is 1.90. The van der Waals surface area contributed by atoms with Gasteiger partial charge in [-0.1, -0.05) is 17.8 Å². The van der Waals surface area contributed by atoms with Crippen LogP contribution in [0.4, 0.5) is 0 Å². The number of nitrogens with zero attached hydrogens (tertiary/aromatic N) is 3. The lowest BCUT2D eigenvalue weighted by Gasteiger charge is -2.30. The highest BCUT2D eigenvalue weighted by molar-refractivity contribution is 7.99. The molecular weight excluding hydrogens is 402 g/mol. The molecule has 0 aliphatic carbocycles. The maximum atomic E-state index is 13.7. The summed E-state index contributed by atoms with van der Waals surface area (Å²) in [5, 5.41) is 1.49. The number of benzene rings is 1. The molecule has 0 saturated heterocycles. The Labute approximate surface area is 179 Å². The molecule has 1 aliphatic heterocycles. The smallest absolute Gasteiger partial charge is 0.267 e. The number of aromatic nitrogens is 2. The molecular formula is C22H25N3O2S2. The van der Waals surface area contributed by atoms with Crippen molar-refractivity contribution in [2.24, 2.45) is 0 Å². The minimum Gasteiger partial charge on any atom is -0.497 e. The van der Waals surface area contributed by atoms with Gasteiger partial charge in [0.05, 0.1) is 18.2 Å². The van der Waals surface area contributed by atoms with Gasteiger partial charge in [0.15, 0.2) is 5.16 Å². The predicted octanol–water partition coefficient (Wildman–Crippen LogP) is 4.50. The van der Waals surface area contributed by atoms with Crippen molar-refractivity contribution in [2.75, 3.05) is 19.4 Å². The summed E-state index contributed by atoms with van der Waals surface area (Å²) >= 11 is 3.20. The van der Waals surface area contributed by atoms with Gasteiger partial charge in [-0.25, -0.2) is 4.98 Å². The normalized spacial score (nSPS) is 14.3. The van der Waals surface area contributed by atoms with Crippen molar-refractivity contribution >= 4 is 33.3 Å². The zero-order chi connectivity index (χ0) is 20.5. The Morgan fingerprint density at radius 1 is 1.34 bits per heavy atom. The molecule has 3 heterocycles. The average molecular weight is 428 g/mol. The molecule has 4 rings (SSSR count). The standard InChI is InChI=1S/C22H25N3O2S2/c1-5-12-28-22-23-20-19(17-10-11-24(14(2)3)13-18(17)29-20)21(26)25(22)15-6-8-16(27-4)9-7-15/h5-9,14H,1,10-13H2,2-4H3. The number of methoxy groups -OCH3 is 1. The van der Waals surface area contributed by atoms with Crippen LogP contribution in [-0.4, -0.2) is 39.9 Å². The van der Waals surface area contributed by atoms with Crippen LogP contribution in [0.2, 0.25) is 0 Å². The monoisotopic (exact) mass is 427 g/mol. The van der Waals surface area contributed by atoms with Gasteiger partial charge in [0.1, 0.15) is 10.6 Å². The van der Waals surface area contributed by atoms with Gasteiger partial charge in [-0.2, -0.15) is 0 Å². The van der Waals surface area contributed by atoms with Crippen molar-refractivity contribution in [3.8, 4) is 11.4 Å². The fraction of sp³-hybridized carbons (Fsp3) is 0.364. The molecule has 0 radical (unpaired) electrons. The van der Waals surface area contributed by atoms with E-state index in [1.165, 1.54) is 22.2 Å². The Hall–Kier alpha value is -2.09. The summed E-state index contributed by atoms with van der Waals surface area (Å²) < 4.78 is 7.00. The van der Waals surface area contributed by atoms with Crippen LogP contribution in [0.1, 0.15) is 24.3 Å². The summed E-state index contributed by atoms with van der Waals surface area (Å²) in [5.41, 5.74) is 2.00. The number of hydrogen-bond donors (Lipinski definition) is 0. The molecule has 5 nitrogen and oxygen atoms in total. The van der Waals surface area contributed by atoms with E-state index >= 15 is 0 Å². The van der Waals surface area contributed by atoms with Gasteiger partial charge in [-0.3, -0.25) is 14.3 Å². The second-order valence-electron chi connectivity index (χ2n) is 7.33. The summed E-state index contributed by atoms with van der Waals surface area (Å²) in [6.07, 6.45) is 2.73. The van der Waals surface area contributed by atoms with Crippen molar-refractivity contribution in [3.05, 3.63) is 57.7 Å². The van der Waals surface area contributed by atoms with E-state index in [1.807, 2.05) is 30.3 Å². The van der Waals surface area contributed by atoms with Gasteiger partial charge >= 0.3 is 0 Å². The van der Waals surface area contributed by atoms with E-state index in [0.29, 0.717) is 17.0 Å². The molecule has 0 bridgehead atoms. The van der Waals surface area contributed by atoms with Crippen LogP contribution < -0.4 is 10.3 Å². The quantitative estimate of drug-likeness (QED) is 0.329. The molecule has 29 heavy (non-hydrogen) atoms. The third kappa shape index (κ3) is 3.74. The van der Waals surface area contributed by atoms with Crippen LogP contribution in [0.5, 0.6) is 5.75 Å². The van der Waals surface area contributed by atoms with Gasteiger partial charge in [0.25, 0.3) is 5.56 Å². The molecule has 0 fully saturated rings. The van der Waals surface area contributed by atoms with Gasteiger partial charge in [-0.15, -0.1) is 17.9 Å². The van der Waals surface area contributed by atoms with E-state index in [-0.39, 0.29) is 5.56 Å². The summed E-state index contributed by atoms with van der Waals surface area (Å²) in [6, 6.07) is 8.06. The van der Waals surface area contributed by atoms with E-state index in [4.69, 9.17) is 9.72 Å². The number of rotatable bonds is 6. The van der Waals surface area contributed by atoms with Crippen LogP contribution >= 0.6 is 23.1 Å². The molecule has 0 N–H and O–H groups in total. The van der Waals surface area contributed by atoms with Gasteiger partial charge in [-0.05, 0) is 50.1 Å².